The zero-order chi connectivity index (χ0) is 11.5. The Morgan fingerprint density at radius 3 is 3.12 bits per heavy atom. The predicted molar refractivity (Wildman–Crippen MR) is 62.4 cm³/mol. The molecule has 4 nitrogen and oxygen atoms in total. The van der Waals surface area contributed by atoms with Crippen molar-refractivity contribution in [3.05, 3.63) is 29.3 Å². The Hall–Kier alpha value is -1.20. The summed E-state index contributed by atoms with van der Waals surface area (Å²) >= 11 is 1.31. The molecule has 86 valence electrons. The Bertz CT molecular complexity index is 408. The first kappa shape index (κ1) is 11.3. The van der Waals surface area contributed by atoms with Crippen LogP contribution in [0.15, 0.2) is 18.2 Å². The number of rotatable bonds is 2. The molecule has 1 aliphatic rings. The number of ether oxygens (including phenoxy) is 2. The van der Waals surface area contributed by atoms with Crippen molar-refractivity contribution in [1.29, 1.82) is 0 Å². The fraction of sp³-hybridized carbons (Fsp3) is 0.364. The van der Waals surface area contributed by atoms with Crippen LogP contribution in [0.4, 0.5) is 0 Å². The molecule has 0 aliphatic carbocycles. The topological polar surface area (TPSA) is 61.5 Å². The minimum atomic E-state index is -0.353. The quantitative estimate of drug-likeness (QED) is 0.631. The highest BCUT2D eigenvalue weighted by Crippen LogP contribution is 2.38. The summed E-state index contributed by atoms with van der Waals surface area (Å²) in [5.41, 5.74) is 1.55. The lowest BCUT2D eigenvalue weighted by Gasteiger charge is -2.24. The summed E-state index contributed by atoms with van der Waals surface area (Å²) in [4.78, 5) is 11.3. The van der Waals surface area contributed by atoms with Crippen molar-refractivity contribution in [1.82, 2.24) is 0 Å². The number of benzene rings is 1. The lowest BCUT2D eigenvalue weighted by Crippen LogP contribution is -2.14. The largest absolute Gasteiger partial charge is 0.493 e. The Morgan fingerprint density at radius 1 is 1.62 bits per heavy atom. The maximum atomic E-state index is 11.3. The van der Waals surface area contributed by atoms with E-state index in [-0.39, 0.29) is 11.2 Å². The van der Waals surface area contributed by atoms with Crippen LogP contribution in [0.5, 0.6) is 5.75 Å². The molecule has 16 heavy (non-hydrogen) atoms. The van der Waals surface area contributed by atoms with Gasteiger partial charge in [0.25, 0.3) is 0 Å². The van der Waals surface area contributed by atoms with Gasteiger partial charge < -0.3 is 9.47 Å². The molecule has 0 radical (unpaired) electrons. The van der Waals surface area contributed by atoms with E-state index in [1.54, 1.807) is 12.1 Å². The minimum absolute atomic E-state index is 0.246. The fourth-order valence-electron chi connectivity index (χ4n) is 1.74. The molecule has 1 aromatic rings. The van der Waals surface area contributed by atoms with E-state index < -0.39 is 0 Å². The van der Waals surface area contributed by atoms with E-state index in [9.17, 15) is 4.79 Å². The van der Waals surface area contributed by atoms with Crippen molar-refractivity contribution in [2.24, 2.45) is 5.14 Å². The van der Waals surface area contributed by atoms with Gasteiger partial charge >= 0.3 is 5.97 Å². The first-order chi connectivity index (χ1) is 7.76. The monoisotopic (exact) mass is 239 g/mol. The van der Waals surface area contributed by atoms with Gasteiger partial charge in [-0.05, 0) is 18.6 Å². The molecular formula is C11H13NO3S. The van der Waals surface area contributed by atoms with Crippen LogP contribution < -0.4 is 9.88 Å². The maximum Gasteiger partial charge on any atom is 0.337 e. The predicted octanol–water partition coefficient (Wildman–Crippen LogP) is 1.90. The van der Waals surface area contributed by atoms with Crippen molar-refractivity contribution >= 4 is 17.9 Å². The molecule has 1 aliphatic heterocycles. The van der Waals surface area contributed by atoms with Crippen molar-refractivity contribution in [3.8, 4) is 5.75 Å². The highest BCUT2D eigenvalue weighted by Gasteiger charge is 2.22. The molecule has 0 aromatic heterocycles. The smallest absolute Gasteiger partial charge is 0.337 e. The van der Waals surface area contributed by atoms with Crippen LogP contribution in [-0.4, -0.2) is 19.7 Å². The minimum Gasteiger partial charge on any atom is -0.493 e. The molecule has 0 fully saturated rings. The van der Waals surface area contributed by atoms with Gasteiger partial charge in [0.1, 0.15) is 5.75 Å². The summed E-state index contributed by atoms with van der Waals surface area (Å²) in [5.74, 6) is 0.381. The number of fused-ring (bicyclic) bond motifs is 1. The summed E-state index contributed by atoms with van der Waals surface area (Å²) < 4.78 is 10.2. The van der Waals surface area contributed by atoms with Crippen molar-refractivity contribution in [2.75, 3.05) is 13.7 Å². The zero-order valence-corrected chi connectivity index (χ0v) is 9.75. The maximum absolute atomic E-state index is 11.3. The Balaban J connectivity index is 2.35. The standard InChI is InChI=1S/C11H13NO3S/c1-14-11(13)7-2-3-8-9(6-7)15-5-4-10(8)16-12/h2-3,6,10H,4-5,12H2,1H3/t10-/m1/s1. The number of nitrogens with two attached hydrogens (primary N) is 1. The highest BCUT2D eigenvalue weighted by molar-refractivity contribution is 7.97. The average Bonchev–Trinajstić information content (AvgIpc) is 2.36. The molecule has 1 aromatic carbocycles. The van der Waals surface area contributed by atoms with E-state index in [4.69, 9.17) is 9.88 Å². The van der Waals surface area contributed by atoms with Gasteiger partial charge in [-0.25, -0.2) is 4.79 Å². The second-order valence-corrected chi connectivity index (χ2v) is 4.35. The molecule has 1 atom stereocenters. The van der Waals surface area contributed by atoms with Crippen LogP contribution in [0.25, 0.3) is 0 Å². The molecular weight excluding hydrogens is 226 g/mol. The number of methoxy groups -OCH3 is 1. The first-order valence-corrected chi connectivity index (χ1v) is 5.91. The summed E-state index contributed by atoms with van der Waals surface area (Å²) in [7, 11) is 1.36. The number of carbonyl (C=O) groups is 1. The van der Waals surface area contributed by atoms with Crippen LogP contribution in [-0.2, 0) is 4.74 Å². The summed E-state index contributed by atoms with van der Waals surface area (Å²) in [6, 6.07) is 5.33. The molecule has 2 rings (SSSR count). The van der Waals surface area contributed by atoms with Crippen LogP contribution >= 0.6 is 11.9 Å². The normalized spacial score (nSPS) is 18.5. The van der Waals surface area contributed by atoms with Crippen LogP contribution in [0, 0.1) is 0 Å². The molecule has 0 unspecified atom stereocenters. The van der Waals surface area contributed by atoms with Gasteiger partial charge in [-0.15, -0.1) is 0 Å². The van der Waals surface area contributed by atoms with Gasteiger partial charge in [0.2, 0.25) is 0 Å². The molecule has 0 bridgehead atoms. The Kier molecular flexibility index (Phi) is 3.36. The van der Waals surface area contributed by atoms with Gasteiger partial charge in [0.15, 0.2) is 0 Å². The summed E-state index contributed by atoms with van der Waals surface area (Å²) in [6.07, 6.45) is 0.895. The summed E-state index contributed by atoms with van der Waals surface area (Å²) in [6.45, 7) is 0.631. The molecule has 5 heteroatoms. The highest BCUT2D eigenvalue weighted by atomic mass is 32.2. The van der Waals surface area contributed by atoms with E-state index in [1.165, 1.54) is 19.1 Å². The molecule has 0 amide bonds. The van der Waals surface area contributed by atoms with Gasteiger partial charge in [-0.2, -0.15) is 0 Å². The molecule has 0 saturated carbocycles. The lowest BCUT2D eigenvalue weighted by molar-refractivity contribution is 0.0600. The van der Waals surface area contributed by atoms with E-state index in [0.29, 0.717) is 12.2 Å². The van der Waals surface area contributed by atoms with E-state index in [1.807, 2.05) is 6.07 Å². The molecule has 0 spiro atoms. The fourth-order valence-corrected chi connectivity index (χ4v) is 2.32. The lowest BCUT2D eigenvalue weighted by atomic mass is 10.0. The van der Waals surface area contributed by atoms with E-state index in [2.05, 4.69) is 4.74 Å². The third kappa shape index (κ3) is 2.01. The third-order valence-electron chi connectivity index (χ3n) is 2.58. The number of carbonyl (C=O) groups excluding carboxylic acids is 1. The van der Waals surface area contributed by atoms with Gasteiger partial charge in [0.05, 0.1) is 24.5 Å². The van der Waals surface area contributed by atoms with Crippen LogP contribution in [0.2, 0.25) is 0 Å². The molecule has 0 saturated heterocycles. The number of hydrogen-bond acceptors (Lipinski definition) is 5. The Labute approximate surface area is 98.2 Å². The molecule has 2 N–H and O–H groups in total. The van der Waals surface area contributed by atoms with Crippen LogP contribution in [0.3, 0.4) is 0 Å². The summed E-state index contributed by atoms with van der Waals surface area (Å²) in [5, 5.41) is 5.86. The second kappa shape index (κ2) is 4.76. The third-order valence-corrected chi connectivity index (χ3v) is 3.40. The molecule has 1 heterocycles. The van der Waals surface area contributed by atoms with Crippen LogP contribution in [0.1, 0.15) is 27.6 Å². The van der Waals surface area contributed by atoms with Crippen molar-refractivity contribution < 1.29 is 14.3 Å². The van der Waals surface area contributed by atoms with Gasteiger partial charge in [0, 0.05) is 5.56 Å². The SMILES string of the molecule is COC(=O)c1ccc2c(c1)OCC[C@H]2SN. The van der Waals surface area contributed by atoms with E-state index >= 15 is 0 Å². The van der Waals surface area contributed by atoms with Gasteiger partial charge in [-0.1, -0.05) is 18.0 Å². The second-order valence-electron chi connectivity index (χ2n) is 3.51. The average molecular weight is 239 g/mol. The first-order valence-electron chi connectivity index (χ1n) is 4.97. The number of hydrogen-bond donors (Lipinski definition) is 1. The number of esters is 1. The van der Waals surface area contributed by atoms with Crippen molar-refractivity contribution in [3.63, 3.8) is 0 Å². The Morgan fingerprint density at radius 2 is 2.44 bits per heavy atom. The van der Waals surface area contributed by atoms with E-state index in [0.717, 1.165) is 17.7 Å². The zero-order valence-electron chi connectivity index (χ0n) is 8.93. The van der Waals surface area contributed by atoms with Crippen molar-refractivity contribution in [2.45, 2.75) is 11.7 Å². The van der Waals surface area contributed by atoms with Gasteiger partial charge in [-0.3, -0.25) is 5.14 Å².